The van der Waals surface area contributed by atoms with Crippen LogP contribution in [0, 0.1) is 0 Å². The van der Waals surface area contributed by atoms with E-state index in [1.807, 2.05) is 12.1 Å². The number of rotatable bonds is 3. The van der Waals surface area contributed by atoms with Crippen LogP contribution in [0.1, 0.15) is 10.4 Å². The monoisotopic (exact) mass is 244 g/mol. The number of carboxylic acids is 1. The summed E-state index contributed by atoms with van der Waals surface area (Å²) in [6.45, 7) is 0. The molecule has 0 aliphatic carbocycles. The van der Waals surface area contributed by atoms with Crippen LogP contribution in [0.2, 0.25) is 0 Å². The van der Waals surface area contributed by atoms with Crippen molar-refractivity contribution in [1.29, 1.82) is 0 Å². The number of carbonyl (C=O) groups is 1. The summed E-state index contributed by atoms with van der Waals surface area (Å²) in [6.07, 6.45) is 0. The van der Waals surface area contributed by atoms with Gasteiger partial charge in [0.25, 0.3) is 0 Å². The van der Waals surface area contributed by atoms with Crippen molar-refractivity contribution < 1.29 is 14.6 Å². The summed E-state index contributed by atoms with van der Waals surface area (Å²) < 4.78 is 5.06. The Morgan fingerprint density at radius 2 is 1.89 bits per heavy atom. The molecule has 0 saturated carbocycles. The first-order chi connectivity index (χ1) is 8.61. The standard InChI is InChI=1S/C13H12N2O3/c1-18-9-4-2-8(3-5-9)11-7-6-10(13(16)17)12(14)15-11/h2-7H,1H3,(H2,14,15)(H,16,17). The summed E-state index contributed by atoms with van der Waals surface area (Å²) in [6, 6.07) is 10.4. The Labute approximate surface area is 104 Å². The van der Waals surface area contributed by atoms with Gasteiger partial charge in [0, 0.05) is 5.56 Å². The number of hydrogen-bond acceptors (Lipinski definition) is 4. The van der Waals surface area contributed by atoms with E-state index in [1.54, 1.807) is 25.3 Å². The van der Waals surface area contributed by atoms with Crippen LogP contribution in [-0.4, -0.2) is 23.2 Å². The predicted octanol–water partition coefficient (Wildman–Crippen LogP) is 2.04. The van der Waals surface area contributed by atoms with Crippen molar-refractivity contribution >= 4 is 11.8 Å². The fraction of sp³-hybridized carbons (Fsp3) is 0.0769. The maximum absolute atomic E-state index is 10.8. The van der Waals surface area contributed by atoms with Gasteiger partial charge in [0.1, 0.15) is 17.1 Å². The van der Waals surface area contributed by atoms with Crippen LogP contribution in [0.5, 0.6) is 5.75 Å². The van der Waals surface area contributed by atoms with E-state index in [9.17, 15) is 4.79 Å². The third kappa shape index (κ3) is 2.24. The number of pyridine rings is 1. The number of hydrogen-bond donors (Lipinski definition) is 2. The van der Waals surface area contributed by atoms with Crippen LogP contribution < -0.4 is 10.5 Å². The molecule has 5 heteroatoms. The molecule has 0 unspecified atom stereocenters. The maximum atomic E-state index is 10.8. The Morgan fingerprint density at radius 1 is 1.22 bits per heavy atom. The number of benzene rings is 1. The molecule has 0 atom stereocenters. The van der Waals surface area contributed by atoms with Crippen LogP contribution in [-0.2, 0) is 0 Å². The van der Waals surface area contributed by atoms with E-state index in [-0.39, 0.29) is 11.4 Å². The molecule has 18 heavy (non-hydrogen) atoms. The molecule has 2 rings (SSSR count). The van der Waals surface area contributed by atoms with Crippen molar-refractivity contribution in [3.63, 3.8) is 0 Å². The number of nitrogens with two attached hydrogens (primary N) is 1. The normalized spacial score (nSPS) is 10.1. The highest BCUT2D eigenvalue weighted by Crippen LogP contribution is 2.22. The van der Waals surface area contributed by atoms with Gasteiger partial charge in [0.2, 0.25) is 0 Å². The van der Waals surface area contributed by atoms with Crippen LogP contribution in [0.3, 0.4) is 0 Å². The van der Waals surface area contributed by atoms with Crippen molar-refractivity contribution in [2.24, 2.45) is 0 Å². The SMILES string of the molecule is COc1ccc(-c2ccc(C(=O)O)c(N)n2)cc1. The van der Waals surface area contributed by atoms with Crippen LogP contribution in [0.15, 0.2) is 36.4 Å². The van der Waals surface area contributed by atoms with Crippen molar-refractivity contribution in [3.05, 3.63) is 42.0 Å². The second-order valence-corrected chi connectivity index (χ2v) is 3.66. The summed E-state index contributed by atoms with van der Waals surface area (Å²) >= 11 is 0. The molecule has 1 aromatic carbocycles. The molecule has 3 N–H and O–H groups in total. The van der Waals surface area contributed by atoms with E-state index in [0.29, 0.717) is 5.69 Å². The molecule has 0 bridgehead atoms. The molecule has 1 aromatic heterocycles. The number of nitrogen functional groups attached to an aromatic ring is 1. The molecule has 0 spiro atoms. The molecular formula is C13H12N2O3. The summed E-state index contributed by atoms with van der Waals surface area (Å²) in [5, 5.41) is 8.86. The smallest absolute Gasteiger partial charge is 0.339 e. The average Bonchev–Trinajstić information content (AvgIpc) is 2.38. The zero-order valence-electron chi connectivity index (χ0n) is 9.75. The Bertz CT molecular complexity index is 579. The number of carboxylic acid groups (broad SMARTS) is 1. The Morgan fingerprint density at radius 3 is 2.39 bits per heavy atom. The lowest BCUT2D eigenvalue weighted by Gasteiger charge is -2.05. The molecule has 0 aliphatic rings. The lowest BCUT2D eigenvalue weighted by molar-refractivity contribution is 0.0697. The summed E-state index contributed by atoms with van der Waals surface area (Å²) in [7, 11) is 1.59. The van der Waals surface area contributed by atoms with Crippen LogP contribution >= 0.6 is 0 Å². The summed E-state index contributed by atoms with van der Waals surface area (Å²) in [4.78, 5) is 14.9. The van der Waals surface area contributed by atoms with Gasteiger partial charge in [-0.3, -0.25) is 0 Å². The molecular weight excluding hydrogens is 232 g/mol. The van der Waals surface area contributed by atoms with Gasteiger partial charge in [-0.15, -0.1) is 0 Å². The van der Waals surface area contributed by atoms with Gasteiger partial charge in [-0.05, 0) is 36.4 Å². The molecule has 5 nitrogen and oxygen atoms in total. The van der Waals surface area contributed by atoms with Crippen molar-refractivity contribution in [1.82, 2.24) is 4.98 Å². The van der Waals surface area contributed by atoms with E-state index in [1.165, 1.54) is 6.07 Å². The first-order valence-corrected chi connectivity index (χ1v) is 5.26. The first-order valence-electron chi connectivity index (χ1n) is 5.26. The quantitative estimate of drug-likeness (QED) is 0.862. The average molecular weight is 244 g/mol. The van der Waals surface area contributed by atoms with Crippen molar-refractivity contribution in [2.45, 2.75) is 0 Å². The third-order valence-corrected chi connectivity index (χ3v) is 2.54. The largest absolute Gasteiger partial charge is 0.497 e. The zero-order valence-corrected chi connectivity index (χ0v) is 9.75. The molecule has 0 fully saturated rings. The third-order valence-electron chi connectivity index (χ3n) is 2.54. The highest BCUT2D eigenvalue weighted by atomic mass is 16.5. The predicted molar refractivity (Wildman–Crippen MR) is 67.6 cm³/mol. The minimum atomic E-state index is -1.08. The number of aromatic nitrogens is 1. The summed E-state index contributed by atoms with van der Waals surface area (Å²) in [5.41, 5.74) is 7.08. The van der Waals surface area contributed by atoms with Gasteiger partial charge >= 0.3 is 5.97 Å². The topological polar surface area (TPSA) is 85.4 Å². The van der Waals surface area contributed by atoms with E-state index >= 15 is 0 Å². The maximum Gasteiger partial charge on any atom is 0.339 e. The highest BCUT2D eigenvalue weighted by molar-refractivity contribution is 5.93. The molecule has 2 aromatic rings. The van der Waals surface area contributed by atoms with E-state index in [0.717, 1.165) is 11.3 Å². The minimum Gasteiger partial charge on any atom is -0.497 e. The Balaban J connectivity index is 2.39. The molecule has 1 heterocycles. The van der Waals surface area contributed by atoms with E-state index < -0.39 is 5.97 Å². The molecule has 0 aliphatic heterocycles. The Hall–Kier alpha value is -2.56. The fourth-order valence-electron chi connectivity index (χ4n) is 1.58. The first kappa shape index (κ1) is 11.9. The van der Waals surface area contributed by atoms with Gasteiger partial charge in [-0.1, -0.05) is 0 Å². The minimum absolute atomic E-state index is 0.00672. The number of aromatic carboxylic acids is 1. The number of anilines is 1. The molecule has 0 amide bonds. The van der Waals surface area contributed by atoms with Gasteiger partial charge in [0.05, 0.1) is 12.8 Å². The van der Waals surface area contributed by atoms with Gasteiger partial charge in [0.15, 0.2) is 0 Å². The van der Waals surface area contributed by atoms with E-state index in [4.69, 9.17) is 15.6 Å². The lowest BCUT2D eigenvalue weighted by Crippen LogP contribution is -2.04. The zero-order chi connectivity index (χ0) is 13.1. The Kier molecular flexibility index (Phi) is 3.14. The summed E-state index contributed by atoms with van der Waals surface area (Å²) in [5.74, 6) is -0.328. The van der Waals surface area contributed by atoms with Gasteiger partial charge < -0.3 is 15.6 Å². The molecule has 0 saturated heterocycles. The lowest BCUT2D eigenvalue weighted by atomic mass is 10.1. The van der Waals surface area contributed by atoms with Gasteiger partial charge in [-0.25, -0.2) is 9.78 Å². The second kappa shape index (κ2) is 4.75. The van der Waals surface area contributed by atoms with Gasteiger partial charge in [-0.2, -0.15) is 0 Å². The van der Waals surface area contributed by atoms with Crippen LogP contribution in [0.4, 0.5) is 5.82 Å². The number of methoxy groups -OCH3 is 1. The highest BCUT2D eigenvalue weighted by Gasteiger charge is 2.10. The molecule has 0 radical (unpaired) electrons. The van der Waals surface area contributed by atoms with Crippen LogP contribution in [0.25, 0.3) is 11.3 Å². The van der Waals surface area contributed by atoms with E-state index in [2.05, 4.69) is 4.98 Å². The number of ether oxygens (including phenoxy) is 1. The second-order valence-electron chi connectivity index (χ2n) is 3.66. The molecule has 92 valence electrons. The fourth-order valence-corrected chi connectivity index (χ4v) is 1.58. The van der Waals surface area contributed by atoms with Crippen molar-refractivity contribution in [2.75, 3.05) is 12.8 Å². The van der Waals surface area contributed by atoms with Crippen molar-refractivity contribution in [3.8, 4) is 17.0 Å². The number of nitrogens with zero attached hydrogens (tertiary/aromatic N) is 1.